The molecule has 1 saturated heterocycles. The molecule has 0 unspecified atom stereocenters. The normalized spacial score (nSPS) is 17.9. The molecule has 3 nitrogen and oxygen atoms in total. The lowest BCUT2D eigenvalue weighted by Gasteiger charge is -2.39. The number of aliphatic hydroxyl groups is 1. The molecule has 1 aliphatic rings. The molecule has 0 bridgehead atoms. The van der Waals surface area contributed by atoms with Gasteiger partial charge in [-0.2, -0.15) is 13.2 Å². The topological polar surface area (TPSA) is 35.5 Å². The van der Waals surface area contributed by atoms with Crippen molar-refractivity contribution in [3.8, 4) is 0 Å². The van der Waals surface area contributed by atoms with Gasteiger partial charge in [0.1, 0.15) is 18.5 Å². The Morgan fingerprint density at radius 2 is 1.72 bits per heavy atom. The molecule has 1 aromatic rings. The zero-order chi connectivity index (χ0) is 18.1. The minimum absolute atomic E-state index is 0. The second-order valence-electron chi connectivity index (χ2n) is 5.43. The second kappa shape index (κ2) is 8.30. The summed E-state index contributed by atoms with van der Waals surface area (Å²) >= 11 is 5.53. The van der Waals surface area contributed by atoms with Crippen LogP contribution in [0, 0.1) is 5.82 Å². The molecule has 1 aliphatic heterocycles. The van der Waals surface area contributed by atoms with E-state index in [2.05, 4.69) is 5.32 Å². The van der Waals surface area contributed by atoms with E-state index >= 15 is 0 Å². The fourth-order valence-corrected chi connectivity index (χ4v) is 2.93. The molecule has 0 radical (unpaired) electrons. The van der Waals surface area contributed by atoms with Gasteiger partial charge in [-0.25, -0.2) is 13.2 Å². The molecule has 0 amide bonds. The molecule has 25 heavy (non-hydrogen) atoms. The second-order valence-corrected chi connectivity index (χ2v) is 5.84. The first kappa shape index (κ1) is 22.3. The third-order valence-corrected chi connectivity index (χ3v) is 4.13. The van der Waals surface area contributed by atoms with Crippen molar-refractivity contribution in [1.29, 1.82) is 0 Å². The van der Waals surface area contributed by atoms with Crippen molar-refractivity contribution < 1.29 is 31.4 Å². The lowest BCUT2D eigenvalue weighted by Crippen LogP contribution is -2.51. The highest BCUT2D eigenvalue weighted by Crippen LogP contribution is 2.45. The van der Waals surface area contributed by atoms with E-state index in [-0.39, 0.29) is 38.6 Å². The Labute approximate surface area is 151 Å². The third kappa shape index (κ3) is 4.71. The van der Waals surface area contributed by atoms with Crippen molar-refractivity contribution in [2.45, 2.75) is 18.1 Å². The lowest BCUT2D eigenvalue weighted by molar-refractivity contribution is -0.145. The van der Waals surface area contributed by atoms with Gasteiger partial charge in [-0.1, -0.05) is 11.6 Å². The zero-order valence-corrected chi connectivity index (χ0v) is 14.3. The Kier molecular flexibility index (Phi) is 7.41. The molecule has 0 aromatic heterocycles. The first-order valence-electron chi connectivity index (χ1n) is 7.08. The van der Waals surface area contributed by atoms with Gasteiger partial charge in [0.2, 0.25) is 0 Å². The van der Waals surface area contributed by atoms with Crippen molar-refractivity contribution in [3.63, 3.8) is 0 Å². The van der Waals surface area contributed by atoms with Gasteiger partial charge in [-0.05, 0) is 12.1 Å². The van der Waals surface area contributed by atoms with Crippen LogP contribution in [0.4, 0.5) is 26.3 Å². The molecule has 11 heteroatoms. The predicted octanol–water partition coefficient (Wildman–Crippen LogP) is 3.49. The first-order chi connectivity index (χ1) is 11.1. The van der Waals surface area contributed by atoms with E-state index in [1.54, 1.807) is 0 Å². The van der Waals surface area contributed by atoms with Gasteiger partial charge < -0.3 is 10.4 Å². The van der Waals surface area contributed by atoms with Crippen LogP contribution >= 0.6 is 24.0 Å². The van der Waals surface area contributed by atoms with Crippen LogP contribution in [0.3, 0.4) is 0 Å². The fourth-order valence-electron chi connectivity index (χ4n) is 2.77. The number of rotatable bonds is 4. The third-order valence-electron chi connectivity index (χ3n) is 3.84. The number of piperazine rings is 1. The average molecular weight is 413 g/mol. The quantitative estimate of drug-likeness (QED) is 0.743. The largest absolute Gasteiger partial charge is 0.416 e. The van der Waals surface area contributed by atoms with Crippen LogP contribution in [0.2, 0.25) is 5.02 Å². The summed E-state index contributed by atoms with van der Waals surface area (Å²) in [4.78, 5) is 1.02. The van der Waals surface area contributed by atoms with E-state index in [0.29, 0.717) is 12.1 Å². The van der Waals surface area contributed by atoms with Crippen LogP contribution in [0.5, 0.6) is 0 Å². The summed E-state index contributed by atoms with van der Waals surface area (Å²) in [6.07, 6.45) is -5.04. The predicted molar refractivity (Wildman–Crippen MR) is 82.9 cm³/mol. The number of aliphatic hydroxyl groups excluding tert-OH is 1. The maximum Gasteiger partial charge on any atom is 0.416 e. The Bertz CT molecular complexity index is 593. The summed E-state index contributed by atoms with van der Waals surface area (Å²) in [5.41, 5.74) is -2.77. The van der Waals surface area contributed by atoms with Crippen molar-refractivity contribution in [1.82, 2.24) is 10.2 Å². The molecule has 0 saturated carbocycles. The van der Waals surface area contributed by atoms with Crippen LogP contribution in [-0.2, 0) is 6.18 Å². The molecule has 2 rings (SSSR count). The molecule has 0 spiro atoms. The van der Waals surface area contributed by atoms with Gasteiger partial charge in [-0.15, -0.1) is 12.4 Å². The van der Waals surface area contributed by atoms with E-state index in [9.17, 15) is 26.3 Å². The summed E-state index contributed by atoms with van der Waals surface area (Å²) < 4.78 is 82.6. The standard InChI is InChI=1S/C14H15ClF6N2O.ClH/c15-9-2-1-8(14(19,20)21)10(11(9)16)12(13(17,18)7-24)23-5-3-22-4-6-23;/h1-2,12,22,24H,3-7H2;1H/t12-;/m0./s1. The van der Waals surface area contributed by atoms with Gasteiger partial charge in [0.25, 0.3) is 5.92 Å². The van der Waals surface area contributed by atoms with E-state index in [1.165, 1.54) is 0 Å². The van der Waals surface area contributed by atoms with Crippen molar-refractivity contribution in [3.05, 3.63) is 34.1 Å². The monoisotopic (exact) mass is 412 g/mol. The molecule has 1 fully saturated rings. The van der Waals surface area contributed by atoms with E-state index in [0.717, 1.165) is 4.90 Å². The summed E-state index contributed by atoms with van der Waals surface area (Å²) in [5.74, 6) is -5.54. The number of nitrogens with zero attached hydrogens (tertiary/aromatic N) is 1. The SMILES string of the molecule is Cl.OCC(F)(F)[C@H](c1c(C(F)(F)F)ccc(Cl)c1F)N1CCNCC1. The zero-order valence-electron chi connectivity index (χ0n) is 12.7. The lowest BCUT2D eigenvalue weighted by atomic mass is 9.92. The number of benzene rings is 1. The number of alkyl halides is 5. The van der Waals surface area contributed by atoms with Crippen LogP contribution < -0.4 is 5.32 Å². The molecular formula is C14H16Cl2F6N2O. The van der Waals surface area contributed by atoms with E-state index in [4.69, 9.17) is 16.7 Å². The smallest absolute Gasteiger partial charge is 0.390 e. The Hall–Kier alpha value is -0.740. The van der Waals surface area contributed by atoms with Gasteiger partial charge in [-0.3, -0.25) is 4.90 Å². The average Bonchev–Trinajstić information content (AvgIpc) is 2.51. The summed E-state index contributed by atoms with van der Waals surface area (Å²) in [6.45, 7) is -1.26. The Morgan fingerprint density at radius 3 is 2.20 bits per heavy atom. The van der Waals surface area contributed by atoms with Gasteiger partial charge in [0.15, 0.2) is 0 Å². The molecular weight excluding hydrogens is 397 g/mol. The van der Waals surface area contributed by atoms with Crippen molar-refractivity contribution in [2.75, 3.05) is 32.8 Å². The highest BCUT2D eigenvalue weighted by Gasteiger charge is 2.49. The molecule has 1 atom stereocenters. The van der Waals surface area contributed by atoms with Gasteiger partial charge >= 0.3 is 6.18 Å². The van der Waals surface area contributed by atoms with Crippen molar-refractivity contribution >= 4 is 24.0 Å². The molecule has 0 aliphatic carbocycles. The summed E-state index contributed by atoms with van der Waals surface area (Å²) in [5, 5.41) is 11.2. The molecule has 1 aromatic carbocycles. The highest BCUT2D eigenvalue weighted by molar-refractivity contribution is 6.30. The minimum Gasteiger partial charge on any atom is -0.390 e. The number of hydrogen-bond acceptors (Lipinski definition) is 3. The maximum absolute atomic E-state index is 14.4. The Morgan fingerprint density at radius 1 is 1.16 bits per heavy atom. The van der Waals surface area contributed by atoms with E-state index in [1.807, 2.05) is 0 Å². The first-order valence-corrected chi connectivity index (χ1v) is 7.46. The number of hydrogen-bond donors (Lipinski definition) is 2. The van der Waals surface area contributed by atoms with Gasteiger partial charge in [0, 0.05) is 31.7 Å². The molecule has 2 N–H and O–H groups in total. The van der Waals surface area contributed by atoms with Crippen LogP contribution in [0.15, 0.2) is 12.1 Å². The fraction of sp³-hybridized carbons (Fsp3) is 0.571. The Balaban J connectivity index is 0.00000312. The van der Waals surface area contributed by atoms with Crippen LogP contribution in [0.25, 0.3) is 0 Å². The number of nitrogens with one attached hydrogen (secondary N) is 1. The maximum atomic E-state index is 14.4. The van der Waals surface area contributed by atoms with Crippen LogP contribution in [0.1, 0.15) is 17.2 Å². The minimum atomic E-state index is -5.04. The summed E-state index contributed by atoms with van der Waals surface area (Å²) in [7, 11) is 0. The van der Waals surface area contributed by atoms with Gasteiger partial charge in [0.05, 0.1) is 10.6 Å². The number of halogens is 8. The highest BCUT2D eigenvalue weighted by atomic mass is 35.5. The van der Waals surface area contributed by atoms with Crippen molar-refractivity contribution in [2.24, 2.45) is 0 Å². The molecule has 144 valence electrons. The summed E-state index contributed by atoms with van der Waals surface area (Å²) in [6, 6.07) is -1.13. The van der Waals surface area contributed by atoms with E-state index < -0.39 is 46.7 Å². The molecule has 1 heterocycles. The van der Waals surface area contributed by atoms with Crippen LogP contribution in [-0.4, -0.2) is 48.7 Å².